The third-order valence-corrected chi connectivity index (χ3v) is 7.94. The maximum Gasteiger partial charge on any atom is 0.408 e. The van der Waals surface area contributed by atoms with Crippen molar-refractivity contribution in [1.29, 1.82) is 0 Å². The van der Waals surface area contributed by atoms with E-state index >= 15 is 0 Å². The summed E-state index contributed by atoms with van der Waals surface area (Å²) in [4.78, 5) is 65.1. The quantitative estimate of drug-likeness (QED) is 0.298. The minimum Gasteiger partial charge on any atom is -0.467 e. The minimum absolute atomic E-state index is 0.0350. The van der Waals surface area contributed by atoms with Gasteiger partial charge in [0.15, 0.2) is 0 Å². The van der Waals surface area contributed by atoms with Crippen molar-refractivity contribution in [3.8, 4) is 0 Å². The number of esters is 1. The van der Waals surface area contributed by atoms with Crippen LogP contribution in [0.2, 0.25) is 0 Å². The Kier molecular flexibility index (Phi) is 9.49. The summed E-state index contributed by atoms with van der Waals surface area (Å²) < 4.78 is 10.3. The van der Waals surface area contributed by atoms with Crippen LogP contribution in [0.5, 0.6) is 0 Å². The summed E-state index contributed by atoms with van der Waals surface area (Å²) in [5, 5.41) is 11.0. The van der Waals surface area contributed by atoms with Crippen molar-refractivity contribution in [2.45, 2.75) is 63.8 Å². The summed E-state index contributed by atoms with van der Waals surface area (Å²) in [6, 6.07) is 16.2. The van der Waals surface area contributed by atoms with Gasteiger partial charge in [0.05, 0.1) is 12.5 Å². The van der Waals surface area contributed by atoms with Crippen LogP contribution in [-0.4, -0.2) is 61.1 Å². The third kappa shape index (κ3) is 6.89. The number of carbonyl (C=O) groups excluding carboxylic acids is 5. The lowest BCUT2D eigenvalue weighted by atomic mass is 9.56. The Labute approximate surface area is 245 Å². The smallest absolute Gasteiger partial charge is 0.408 e. The molecule has 224 valence electrons. The molecule has 11 heteroatoms. The molecule has 2 aromatic carbocycles. The molecule has 0 aromatic heterocycles. The van der Waals surface area contributed by atoms with E-state index in [1.54, 1.807) is 13.8 Å². The van der Waals surface area contributed by atoms with Gasteiger partial charge in [0.2, 0.25) is 17.7 Å². The molecule has 2 atom stereocenters. The second-order valence-electron chi connectivity index (χ2n) is 11.4. The average molecular weight is 579 g/mol. The number of amides is 4. The number of hydrogen-bond donors (Lipinski definition) is 4. The van der Waals surface area contributed by atoms with Crippen LogP contribution in [0.4, 0.5) is 4.79 Å². The van der Waals surface area contributed by atoms with E-state index in [1.807, 2.05) is 60.7 Å². The molecule has 4 rings (SSSR count). The number of benzene rings is 2. The maximum absolute atomic E-state index is 13.7. The average Bonchev–Trinajstić information content (AvgIpc) is 3.34. The molecule has 1 spiro atoms. The van der Waals surface area contributed by atoms with E-state index in [4.69, 9.17) is 9.47 Å². The number of alkyl carbamates (subject to hydrolysis) is 1. The van der Waals surface area contributed by atoms with Gasteiger partial charge in [-0.1, -0.05) is 74.5 Å². The molecule has 0 bridgehead atoms. The van der Waals surface area contributed by atoms with Crippen molar-refractivity contribution in [3.05, 3.63) is 71.8 Å². The summed E-state index contributed by atoms with van der Waals surface area (Å²) >= 11 is 0. The van der Waals surface area contributed by atoms with Crippen LogP contribution in [0.25, 0.3) is 0 Å². The van der Waals surface area contributed by atoms with Gasteiger partial charge in [-0.15, -0.1) is 0 Å². The first-order valence-electron chi connectivity index (χ1n) is 14.1. The Hall–Kier alpha value is -4.41. The van der Waals surface area contributed by atoms with Crippen molar-refractivity contribution in [2.75, 3.05) is 13.7 Å². The van der Waals surface area contributed by atoms with E-state index in [1.165, 1.54) is 7.11 Å². The maximum atomic E-state index is 13.7. The molecule has 11 nitrogen and oxygen atoms in total. The number of hydrogen-bond acceptors (Lipinski definition) is 7. The van der Waals surface area contributed by atoms with Crippen LogP contribution in [0.15, 0.2) is 60.7 Å². The molecule has 1 saturated heterocycles. The van der Waals surface area contributed by atoms with E-state index < -0.39 is 46.9 Å². The third-order valence-electron chi connectivity index (χ3n) is 7.94. The first-order valence-corrected chi connectivity index (χ1v) is 14.1. The molecule has 42 heavy (non-hydrogen) atoms. The monoisotopic (exact) mass is 578 g/mol. The van der Waals surface area contributed by atoms with Gasteiger partial charge in [-0.25, -0.2) is 9.59 Å². The Balaban J connectivity index is 1.48. The molecule has 1 aliphatic carbocycles. The molecule has 0 radical (unpaired) electrons. The standard InChI is InChI=1S/C31H38N4O7/c1-20(2)24(34-29(40)42-17-22-12-8-5-9-13-22)26(37)33-23(16-21-10-6-4-7-11-21)25(36)35-31(28(39)41-3)18-30(19-31)14-15-32-27(30)38/h4-13,20,23-24H,14-19H2,1-3H3,(H,32,38)(H,33,37)(H,34,40)(H,35,36)/t23-,24-,30?,31?/m0/s1. The van der Waals surface area contributed by atoms with E-state index in [-0.39, 0.29) is 37.7 Å². The lowest BCUT2D eigenvalue weighted by Gasteiger charge is -2.51. The molecule has 2 fully saturated rings. The Morgan fingerprint density at radius 3 is 2.07 bits per heavy atom. The largest absolute Gasteiger partial charge is 0.467 e. The first kappa shape index (κ1) is 30.5. The van der Waals surface area contributed by atoms with Gasteiger partial charge in [0.1, 0.15) is 24.2 Å². The predicted molar refractivity (Wildman–Crippen MR) is 153 cm³/mol. The van der Waals surface area contributed by atoms with Crippen molar-refractivity contribution in [3.63, 3.8) is 0 Å². The molecule has 2 aromatic rings. The number of rotatable bonds is 11. The molecule has 2 aliphatic rings. The lowest BCUT2D eigenvalue weighted by molar-refractivity contribution is -0.166. The molecule has 1 heterocycles. The fourth-order valence-electron chi connectivity index (χ4n) is 5.71. The highest BCUT2D eigenvalue weighted by Gasteiger charge is 2.65. The molecule has 4 amide bonds. The number of methoxy groups -OCH3 is 1. The Morgan fingerprint density at radius 2 is 1.52 bits per heavy atom. The zero-order chi connectivity index (χ0) is 30.3. The van der Waals surface area contributed by atoms with Gasteiger partial charge < -0.3 is 30.7 Å². The second-order valence-corrected chi connectivity index (χ2v) is 11.4. The van der Waals surface area contributed by atoms with Crippen LogP contribution in [-0.2, 0) is 41.7 Å². The van der Waals surface area contributed by atoms with E-state index in [0.717, 1.165) is 11.1 Å². The normalized spacial score (nSPS) is 22.3. The summed E-state index contributed by atoms with van der Waals surface area (Å²) in [6.45, 7) is 4.07. The predicted octanol–water partition coefficient (Wildman–Crippen LogP) is 1.99. The molecule has 4 N–H and O–H groups in total. The number of ether oxygens (including phenoxy) is 2. The van der Waals surface area contributed by atoms with Crippen molar-refractivity contribution < 1.29 is 33.4 Å². The van der Waals surface area contributed by atoms with E-state index in [9.17, 15) is 24.0 Å². The van der Waals surface area contributed by atoms with E-state index in [0.29, 0.717) is 13.0 Å². The molecular formula is C31H38N4O7. The summed E-state index contributed by atoms with van der Waals surface area (Å²) in [5.74, 6) is -2.29. The SMILES string of the molecule is COC(=O)C1(NC(=O)[C@H](Cc2ccccc2)NC(=O)[C@@H](NC(=O)OCc2ccccc2)C(C)C)CC2(CCNC2=O)C1. The van der Waals surface area contributed by atoms with Gasteiger partial charge in [-0.2, -0.15) is 0 Å². The Bertz CT molecular complexity index is 1290. The van der Waals surface area contributed by atoms with Crippen LogP contribution >= 0.6 is 0 Å². The fraction of sp³-hybridized carbons (Fsp3) is 0.452. The first-order chi connectivity index (χ1) is 20.1. The highest BCUT2D eigenvalue weighted by atomic mass is 16.5. The van der Waals surface area contributed by atoms with Crippen molar-refractivity contribution in [1.82, 2.24) is 21.3 Å². The highest BCUT2D eigenvalue weighted by Crippen LogP contribution is 2.53. The zero-order valence-electron chi connectivity index (χ0n) is 24.1. The number of carbonyl (C=O) groups is 5. The summed E-state index contributed by atoms with van der Waals surface area (Å²) in [6.07, 6.45) is 0.146. The summed E-state index contributed by atoms with van der Waals surface area (Å²) in [5.41, 5.74) is -0.539. The van der Waals surface area contributed by atoms with Crippen LogP contribution in [0.1, 0.15) is 44.2 Å². The zero-order valence-corrected chi connectivity index (χ0v) is 24.1. The second kappa shape index (κ2) is 13.1. The number of nitrogens with one attached hydrogen (secondary N) is 4. The summed E-state index contributed by atoms with van der Waals surface area (Å²) in [7, 11) is 1.23. The van der Waals surface area contributed by atoms with Gasteiger partial charge in [0, 0.05) is 13.0 Å². The van der Waals surface area contributed by atoms with Gasteiger partial charge in [-0.05, 0) is 36.3 Å². The van der Waals surface area contributed by atoms with Crippen molar-refractivity contribution in [2.24, 2.45) is 11.3 Å². The topological polar surface area (TPSA) is 152 Å². The van der Waals surface area contributed by atoms with Gasteiger partial charge in [0.25, 0.3) is 0 Å². The van der Waals surface area contributed by atoms with Crippen LogP contribution in [0, 0.1) is 11.3 Å². The molecule has 1 aliphatic heterocycles. The van der Waals surface area contributed by atoms with Crippen LogP contribution < -0.4 is 21.3 Å². The molecular weight excluding hydrogens is 540 g/mol. The van der Waals surface area contributed by atoms with E-state index in [2.05, 4.69) is 21.3 Å². The minimum atomic E-state index is -1.38. The van der Waals surface area contributed by atoms with Crippen molar-refractivity contribution >= 4 is 29.8 Å². The molecule has 0 unspecified atom stereocenters. The highest BCUT2D eigenvalue weighted by molar-refractivity contribution is 5.97. The molecule has 1 saturated carbocycles. The van der Waals surface area contributed by atoms with Crippen LogP contribution in [0.3, 0.4) is 0 Å². The van der Waals surface area contributed by atoms with Gasteiger partial charge in [-0.3, -0.25) is 14.4 Å². The lowest BCUT2D eigenvalue weighted by Crippen LogP contribution is -2.70. The van der Waals surface area contributed by atoms with Gasteiger partial charge >= 0.3 is 12.1 Å². The Morgan fingerprint density at radius 1 is 0.905 bits per heavy atom. The fourth-order valence-corrected chi connectivity index (χ4v) is 5.71.